The summed E-state index contributed by atoms with van der Waals surface area (Å²) < 4.78 is 50.5. The number of nitrogen functional groups attached to an aromatic ring is 1. The SMILES string of the molecule is CCCOCC.COc1cc(OC)c(F)c(-c2cc3cnc(N)nc3c(NC3CCOCC3)n2)c1F. The maximum absolute atomic E-state index is 15.0. The van der Waals surface area contributed by atoms with Gasteiger partial charge in [-0.15, -0.1) is 0 Å². The van der Waals surface area contributed by atoms with Crippen molar-refractivity contribution in [2.45, 2.75) is 39.2 Å². The van der Waals surface area contributed by atoms with E-state index in [1.165, 1.54) is 26.5 Å². The molecule has 1 aliphatic rings. The van der Waals surface area contributed by atoms with Crippen LogP contribution in [-0.2, 0) is 9.47 Å². The summed E-state index contributed by atoms with van der Waals surface area (Å²) in [6, 6.07) is 2.74. The number of hydrogen-bond donors (Lipinski definition) is 2. The molecule has 4 rings (SSSR count). The molecule has 0 radical (unpaired) electrons. The minimum absolute atomic E-state index is 0.0534. The number of aromatic nitrogens is 3. The number of benzene rings is 1. The number of nitrogens with zero attached hydrogens (tertiary/aromatic N) is 3. The molecule has 36 heavy (non-hydrogen) atoms. The lowest BCUT2D eigenvalue weighted by molar-refractivity contribution is 0.0904. The molecule has 1 saturated heterocycles. The Balaban J connectivity index is 0.000000538. The quantitative estimate of drug-likeness (QED) is 0.424. The summed E-state index contributed by atoms with van der Waals surface area (Å²) in [5.74, 6) is -1.63. The molecule has 0 spiro atoms. The fourth-order valence-corrected chi connectivity index (χ4v) is 3.72. The fourth-order valence-electron chi connectivity index (χ4n) is 3.72. The largest absolute Gasteiger partial charge is 0.494 e. The number of pyridine rings is 1. The van der Waals surface area contributed by atoms with E-state index >= 15 is 8.78 Å². The van der Waals surface area contributed by atoms with Gasteiger partial charge in [-0.1, -0.05) is 6.92 Å². The molecule has 1 aromatic carbocycles. The van der Waals surface area contributed by atoms with Gasteiger partial charge in [0.2, 0.25) is 5.95 Å². The minimum atomic E-state index is -0.879. The van der Waals surface area contributed by atoms with Crippen LogP contribution in [0.25, 0.3) is 22.2 Å². The summed E-state index contributed by atoms with van der Waals surface area (Å²) in [5.41, 5.74) is 5.91. The van der Waals surface area contributed by atoms with Crippen LogP contribution in [0.2, 0.25) is 0 Å². The average Bonchev–Trinajstić information content (AvgIpc) is 2.89. The van der Waals surface area contributed by atoms with Gasteiger partial charge < -0.3 is 30.0 Å². The van der Waals surface area contributed by atoms with Gasteiger partial charge in [0.1, 0.15) is 5.52 Å². The van der Waals surface area contributed by atoms with Crippen molar-refractivity contribution >= 4 is 22.7 Å². The Hall–Kier alpha value is -3.31. The maximum Gasteiger partial charge on any atom is 0.220 e. The van der Waals surface area contributed by atoms with Crippen molar-refractivity contribution in [1.29, 1.82) is 0 Å². The normalized spacial score (nSPS) is 13.7. The van der Waals surface area contributed by atoms with Crippen LogP contribution >= 0.6 is 0 Å². The summed E-state index contributed by atoms with van der Waals surface area (Å²) in [4.78, 5) is 12.7. The van der Waals surface area contributed by atoms with E-state index in [2.05, 4.69) is 27.2 Å². The molecule has 9 nitrogen and oxygen atoms in total. The van der Waals surface area contributed by atoms with Gasteiger partial charge in [0.25, 0.3) is 0 Å². The predicted molar refractivity (Wildman–Crippen MR) is 134 cm³/mol. The third kappa shape index (κ3) is 6.46. The third-order valence-corrected chi connectivity index (χ3v) is 5.53. The summed E-state index contributed by atoms with van der Waals surface area (Å²) in [6.45, 7) is 7.11. The molecular formula is C25H33F2N5O4. The number of halogens is 2. The Bertz CT molecular complexity index is 1130. The molecule has 1 aliphatic heterocycles. The lowest BCUT2D eigenvalue weighted by atomic mass is 10.1. The number of methoxy groups -OCH3 is 2. The van der Waals surface area contributed by atoms with E-state index in [1.807, 2.05) is 6.92 Å². The molecule has 0 atom stereocenters. The van der Waals surface area contributed by atoms with Crippen LogP contribution in [-0.4, -0.2) is 61.6 Å². The zero-order valence-corrected chi connectivity index (χ0v) is 21.1. The molecule has 11 heteroatoms. The first-order valence-corrected chi connectivity index (χ1v) is 11.9. The molecule has 3 aromatic rings. The van der Waals surface area contributed by atoms with Gasteiger partial charge in [0.15, 0.2) is 29.0 Å². The second-order valence-corrected chi connectivity index (χ2v) is 8.03. The van der Waals surface area contributed by atoms with Crippen LogP contribution in [0.15, 0.2) is 18.3 Å². The second kappa shape index (κ2) is 13.1. The number of rotatable bonds is 8. The van der Waals surface area contributed by atoms with E-state index in [4.69, 9.17) is 24.7 Å². The van der Waals surface area contributed by atoms with Crippen molar-refractivity contribution in [3.8, 4) is 22.8 Å². The number of ether oxygens (including phenoxy) is 4. The number of nitrogens with one attached hydrogen (secondary N) is 1. The van der Waals surface area contributed by atoms with Gasteiger partial charge in [0.05, 0.1) is 25.5 Å². The van der Waals surface area contributed by atoms with Gasteiger partial charge in [-0.2, -0.15) is 0 Å². The molecule has 0 saturated carbocycles. The molecule has 0 unspecified atom stereocenters. The van der Waals surface area contributed by atoms with Crippen molar-refractivity contribution in [1.82, 2.24) is 15.0 Å². The smallest absolute Gasteiger partial charge is 0.220 e. The van der Waals surface area contributed by atoms with Crippen LogP contribution in [0.1, 0.15) is 33.1 Å². The van der Waals surface area contributed by atoms with Crippen molar-refractivity contribution in [3.63, 3.8) is 0 Å². The number of hydrogen-bond acceptors (Lipinski definition) is 9. The summed E-state index contributed by atoms with van der Waals surface area (Å²) in [6.07, 6.45) is 4.16. The molecule has 0 amide bonds. The van der Waals surface area contributed by atoms with E-state index in [9.17, 15) is 0 Å². The standard InChI is InChI=1S/C20H21F2N5O3.C5H12O/c1-28-13-8-14(29-2)17(22)15(16(13)21)12-7-10-9-24-20(23)27-18(10)19(26-12)25-11-3-5-30-6-4-11;1-3-5-6-4-2/h7-9,11H,3-6H2,1-2H3,(H,25,26)(H2,23,24,27);3-5H2,1-2H3. The molecule has 1 fully saturated rings. The molecule has 2 aromatic heterocycles. The third-order valence-electron chi connectivity index (χ3n) is 5.53. The molecule has 0 bridgehead atoms. The van der Waals surface area contributed by atoms with Crippen molar-refractivity contribution in [2.24, 2.45) is 0 Å². The lowest BCUT2D eigenvalue weighted by Crippen LogP contribution is -2.28. The first-order chi connectivity index (χ1) is 17.4. The monoisotopic (exact) mass is 505 g/mol. The highest BCUT2D eigenvalue weighted by molar-refractivity contribution is 5.92. The van der Waals surface area contributed by atoms with E-state index in [0.717, 1.165) is 38.5 Å². The molecular weight excluding hydrogens is 472 g/mol. The van der Waals surface area contributed by atoms with Crippen LogP contribution < -0.4 is 20.5 Å². The van der Waals surface area contributed by atoms with Gasteiger partial charge in [-0.05, 0) is 32.3 Å². The Morgan fingerprint density at radius 1 is 1.06 bits per heavy atom. The zero-order valence-electron chi connectivity index (χ0n) is 21.1. The van der Waals surface area contributed by atoms with E-state index in [0.29, 0.717) is 29.9 Å². The Morgan fingerprint density at radius 3 is 2.28 bits per heavy atom. The highest BCUT2D eigenvalue weighted by Crippen LogP contribution is 2.38. The van der Waals surface area contributed by atoms with Crippen LogP contribution in [0.4, 0.5) is 20.5 Å². The Kier molecular flexibility index (Phi) is 9.95. The maximum atomic E-state index is 15.0. The Morgan fingerprint density at radius 2 is 1.72 bits per heavy atom. The zero-order chi connectivity index (χ0) is 26.1. The van der Waals surface area contributed by atoms with Gasteiger partial charge in [0, 0.05) is 50.1 Å². The summed E-state index contributed by atoms with van der Waals surface area (Å²) >= 11 is 0. The summed E-state index contributed by atoms with van der Waals surface area (Å²) in [5, 5.41) is 3.84. The first-order valence-electron chi connectivity index (χ1n) is 11.9. The highest BCUT2D eigenvalue weighted by Gasteiger charge is 2.24. The van der Waals surface area contributed by atoms with E-state index in [-0.39, 0.29) is 34.7 Å². The highest BCUT2D eigenvalue weighted by atomic mass is 19.1. The molecule has 196 valence electrons. The van der Waals surface area contributed by atoms with Crippen molar-refractivity contribution in [2.75, 3.05) is 51.7 Å². The van der Waals surface area contributed by atoms with Crippen LogP contribution in [0.3, 0.4) is 0 Å². The van der Waals surface area contributed by atoms with Crippen molar-refractivity contribution < 1.29 is 27.7 Å². The topological polar surface area (TPSA) is 114 Å². The van der Waals surface area contributed by atoms with Gasteiger partial charge in [-0.25, -0.2) is 23.7 Å². The number of anilines is 2. The first kappa shape index (κ1) is 27.3. The predicted octanol–water partition coefficient (Wildman–Crippen LogP) is 4.59. The Labute approximate surface area is 209 Å². The second-order valence-electron chi connectivity index (χ2n) is 8.03. The minimum Gasteiger partial charge on any atom is -0.494 e. The fraction of sp³-hybridized carbons (Fsp3) is 0.480. The molecule has 3 heterocycles. The lowest BCUT2D eigenvalue weighted by Gasteiger charge is -2.24. The number of fused-ring (bicyclic) bond motifs is 1. The van der Waals surface area contributed by atoms with Gasteiger partial charge in [-0.3, -0.25) is 0 Å². The van der Waals surface area contributed by atoms with Crippen LogP contribution in [0.5, 0.6) is 11.5 Å². The number of nitrogens with two attached hydrogens (primary N) is 1. The molecule has 0 aliphatic carbocycles. The summed E-state index contributed by atoms with van der Waals surface area (Å²) in [7, 11) is 2.59. The average molecular weight is 506 g/mol. The van der Waals surface area contributed by atoms with Crippen molar-refractivity contribution in [3.05, 3.63) is 30.0 Å². The van der Waals surface area contributed by atoms with E-state index < -0.39 is 11.6 Å². The van der Waals surface area contributed by atoms with Gasteiger partial charge >= 0.3 is 0 Å². The van der Waals surface area contributed by atoms with E-state index in [1.54, 1.807) is 0 Å². The molecule has 3 N–H and O–H groups in total. The van der Waals surface area contributed by atoms with Crippen LogP contribution in [0, 0.1) is 11.6 Å².